The summed E-state index contributed by atoms with van der Waals surface area (Å²) in [6.07, 6.45) is 2.56. The average Bonchev–Trinajstić information content (AvgIpc) is 3.18. The van der Waals surface area contributed by atoms with Gasteiger partial charge in [0.1, 0.15) is 18.2 Å². The summed E-state index contributed by atoms with van der Waals surface area (Å²) in [5.41, 5.74) is 5.13. The number of fused-ring (bicyclic) bond motifs is 1. The van der Waals surface area contributed by atoms with E-state index in [-0.39, 0.29) is 25.0 Å². The first kappa shape index (κ1) is 25.3. The van der Waals surface area contributed by atoms with E-state index in [0.29, 0.717) is 24.5 Å². The molecule has 0 N–H and O–H groups in total. The van der Waals surface area contributed by atoms with Crippen molar-refractivity contribution in [3.63, 3.8) is 0 Å². The molecule has 194 valence electrons. The monoisotopic (exact) mass is 511 g/mol. The fourth-order valence-electron chi connectivity index (χ4n) is 4.90. The largest absolute Gasteiger partial charge is 0.485 e. The maximum Gasteiger partial charge on any atom is 0.250 e. The highest BCUT2D eigenvalue weighted by molar-refractivity contribution is 5.71. The molecule has 8 heteroatoms. The van der Waals surface area contributed by atoms with Gasteiger partial charge in [0, 0.05) is 44.2 Å². The van der Waals surface area contributed by atoms with E-state index in [2.05, 4.69) is 11.0 Å². The van der Waals surface area contributed by atoms with Gasteiger partial charge in [-0.3, -0.25) is 4.40 Å². The van der Waals surface area contributed by atoms with Gasteiger partial charge in [-0.2, -0.15) is 0 Å². The summed E-state index contributed by atoms with van der Waals surface area (Å²) in [5, 5.41) is 0. The summed E-state index contributed by atoms with van der Waals surface area (Å²) < 4.78 is 63.0. The number of piperidine rings is 1. The normalized spacial score (nSPS) is 15.8. The van der Waals surface area contributed by atoms with E-state index >= 15 is 0 Å². The molecule has 0 atom stereocenters. The third-order valence-electron chi connectivity index (χ3n) is 6.94. The van der Waals surface area contributed by atoms with E-state index in [9.17, 15) is 17.6 Å². The molecule has 4 aromatic rings. The van der Waals surface area contributed by atoms with Gasteiger partial charge < -0.3 is 9.64 Å². The van der Waals surface area contributed by atoms with Gasteiger partial charge in [-0.15, -0.1) is 0 Å². The van der Waals surface area contributed by atoms with Crippen LogP contribution >= 0.6 is 0 Å². The lowest BCUT2D eigenvalue weighted by Crippen LogP contribution is -2.40. The summed E-state index contributed by atoms with van der Waals surface area (Å²) >= 11 is 0. The number of imidazole rings is 1. The molecule has 1 saturated heterocycles. The first-order chi connectivity index (χ1) is 17.7. The molecule has 5 rings (SSSR count). The summed E-state index contributed by atoms with van der Waals surface area (Å²) in [5.74, 6) is -3.41. The number of rotatable bonds is 7. The highest BCUT2D eigenvalue weighted by Crippen LogP contribution is 2.32. The maximum atomic E-state index is 14.1. The molecule has 37 heavy (non-hydrogen) atoms. The first-order valence-electron chi connectivity index (χ1n) is 12.4. The number of benzene rings is 2. The fourth-order valence-corrected chi connectivity index (χ4v) is 4.90. The number of hydrogen-bond acceptors (Lipinski definition) is 3. The Balaban J connectivity index is 1.39. The van der Waals surface area contributed by atoms with E-state index in [1.165, 1.54) is 18.2 Å². The quantitative estimate of drug-likeness (QED) is 0.257. The molecule has 4 nitrogen and oxygen atoms in total. The minimum atomic E-state index is -2.54. The minimum absolute atomic E-state index is 0.0820. The Morgan fingerprint density at radius 1 is 0.973 bits per heavy atom. The second-order valence-corrected chi connectivity index (χ2v) is 9.76. The van der Waals surface area contributed by atoms with Gasteiger partial charge in [-0.1, -0.05) is 24.3 Å². The Bertz CT molecular complexity index is 1400. The molecule has 2 aromatic carbocycles. The van der Waals surface area contributed by atoms with Crippen molar-refractivity contribution in [2.45, 2.75) is 45.6 Å². The Hall–Kier alpha value is -3.39. The second kappa shape index (κ2) is 10.2. The van der Waals surface area contributed by atoms with Crippen LogP contribution in [0, 0.1) is 25.5 Å². The summed E-state index contributed by atoms with van der Waals surface area (Å²) in [7, 11) is 0. The molecule has 3 heterocycles. The molecule has 0 unspecified atom stereocenters. The third kappa shape index (κ3) is 5.49. The number of nitrogens with zero attached hydrogens (tertiary/aromatic N) is 3. The predicted molar refractivity (Wildman–Crippen MR) is 135 cm³/mol. The van der Waals surface area contributed by atoms with Gasteiger partial charge in [0.25, 0.3) is 5.92 Å². The zero-order chi connectivity index (χ0) is 26.2. The molecule has 0 bridgehead atoms. The van der Waals surface area contributed by atoms with Crippen molar-refractivity contribution in [1.82, 2.24) is 14.3 Å². The standard InChI is InChI=1S/C29H29F4N3O/c1-19-15-26(37-18-23-24(30)7-4-8-25(23)31)28-34-20(2)27(36(28)17-19)22-6-3-5-21(16-22)9-12-35-13-10-29(32,33)11-14-35/h3-8,15-17H,9-14,18H2,1-2H3. The maximum absolute atomic E-state index is 14.1. The van der Waals surface area contributed by atoms with Crippen LogP contribution in [0.1, 0.15) is 35.2 Å². The second-order valence-electron chi connectivity index (χ2n) is 9.76. The van der Waals surface area contributed by atoms with Crippen LogP contribution in [0.4, 0.5) is 17.6 Å². The molecule has 1 aliphatic rings. The Morgan fingerprint density at radius 2 is 1.68 bits per heavy atom. The molecule has 1 fully saturated rings. The van der Waals surface area contributed by atoms with E-state index in [0.717, 1.165) is 41.0 Å². The molecule has 1 aliphatic heterocycles. The molecule has 0 amide bonds. The van der Waals surface area contributed by atoms with Gasteiger partial charge in [0.2, 0.25) is 0 Å². The average molecular weight is 512 g/mol. The number of aryl methyl sites for hydroxylation is 2. The number of alkyl halides is 2. The number of halogens is 4. The number of likely N-dealkylation sites (tertiary alicyclic amines) is 1. The lowest BCUT2D eigenvalue weighted by atomic mass is 10.0. The summed E-state index contributed by atoms with van der Waals surface area (Å²) in [6.45, 7) is 5.15. The van der Waals surface area contributed by atoms with Gasteiger partial charge in [0.05, 0.1) is 17.0 Å². The van der Waals surface area contributed by atoms with Crippen LogP contribution in [-0.2, 0) is 13.0 Å². The number of pyridine rings is 1. The molecule has 0 aliphatic carbocycles. The highest BCUT2D eigenvalue weighted by atomic mass is 19.3. The van der Waals surface area contributed by atoms with Crippen LogP contribution in [0.15, 0.2) is 54.7 Å². The van der Waals surface area contributed by atoms with Gasteiger partial charge in [-0.25, -0.2) is 22.5 Å². The zero-order valence-corrected chi connectivity index (χ0v) is 20.9. The van der Waals surface area contributed by atoms with E-state index in [1.54, 1.807) is 0 Å². The lowest BCUT2D eigenvalue weighted by Gasteiger charge is -2.31. The SMILES string of the molecule is Cc1cc(OCc2c(F)cccc2F)c2nc(C)c(-c3cccc(CCN4CCC(F)(F)CC4)c3)n2c1. The van der Waals surface area contributed by atoms with Crippen LogP contribution in [0.2, 0.25) is 0 Å². The van der Waals surface area contributed by atoms with Crippen molar-refractivity contribution in [3.05, 3.63) is 88.7 Å². The number of aromatic nitrogens is 2. The van der Waals surface area contributed by atoms with Crippen molar-refractivity contribution in [1.29, 1.82) is 0 Å². The lowest BCUT2D eigenvalue weighted by molar-refractivity contribution is -0.0548. The summed E-state index contributed by atoms with van der Waals surface area (Å²) in [4.78, 5) is 6.81. The van der Waals surface area contributed by atoms with Crippen molar-refractivity contribution < 1.29 is 22.3 Å². The predicted octanol–water partition coefficient (Wildman–Crippen LogP) is 6.75. The molecule has 2 aromatic heterocycles. The molecular weight excluding hydrogens is 482 g/mol. The Kier molecular flexibility index (Phi) is 6.94. The molecule has 0 radical (unpaired) electrons. The fraction of sp³-hybridized carbons (Fsp3) is 0.345. The van der Waals surface area contributed by atoms with Gasteiger partial charge >= 0.3 is 0 Å². The van der Waals surface area contributed by atoms with Crippen LogP contribution in [-0.4, -0.2) is 39.8 Å². The van der Waals surface area contributed by atoms with E-state index in [1.807, 2.05) is 48.7 Å². The Labute approximate surface area is 213 Å². The van der Waals surface area contributed by atoms with Crippen LogP contribution in [0.3, 0.4) is 0 Å². The first-order valence-corrected chi connectivity index (χ1v) is 12.4. The minimum Gasteiger partial charge on any atom is -0.485 e. The molecule has 0 saturated carbocycles. The van der Waals surface area contributed by atoms with Crippen LogP contribution in [0.5, 0.6) is 5.75 Å². The van der Waals surface area contributed by atoms with Crippen molar-refractivity contribution >= 4 is 5.65 Å². The summed E-state index contributed by atoms with van der Waals surface area (Å²) in [6, 6.07) is 13.7. The van der Waals surface area contributed by atoms with Crippen LogP contribution in [0.25, 0.3) is 16.9 Å². The third-order valence-corrected chi connectivity index (χ3v) is 6.94. The number of hydrogen-bond donors (Lipinski definition) is 0. The van der Waals surface area contributed by atoms with Crippen molar-refractivity contribution in [2.75, 3.05) is 19.6 Å². The molecular formula is C29H29F4N3O. The van der Waals surface area contributed by atoms with E-state index < -0.39 is 17.6 Å². The van der Waals surface area contributed by atoms with Gasteiger partial charge in [0.15, 0.2) is 11.4 Å². The van der Waals surface area contributed by atoms with Gasteiger partial charge in [-0.05, 0) is 55.7 Å². The number of ether oxygens (including phenoxy) is 1. The van der Waals surface area contributed by atoms with Crippen LogP contribution < -0.4 is 4.74 Å². The van der Waals surface area contributed by atoms with E-state index in [4.69, 9.17) is 9.72 Å². The zero-order valence-electron chi connectivity index (χ0n) is 20.9. The molecule has 0 spiro atoms. The Morgan fingerprint density at radius 3 is 2.41 bits per heavy atom. The smallest absolute Gasteiger partial charge is 0.250 e. The van der Waals surface area contributed by atoms with Crippen molar-refractivity contribution in [3.8, 4) is 17.0 Å². The topological polar surface area (TPSA) is 29.8 Å². The van der Waals surface area contributed by atoms with Crippen molar-refractivity contribution in [2.24, 2.45) is 0 Å². The highest BCUT2D eigenvalue weighted by Gasteiger charge is 2.33.